The van der Waals surface area contributed by atoms with Crippen LogP contribution >= 0.6 is 0 Å². The average molecular weight is 250 g/mol. The molecule has 9 nitrogen and oxygen atoms in total. The lowest BCUT2D eigenvalue weighted by atomic mass is 10.4. The van der Waals surface area contributed by atoms with Gasteiger partial charge in [-0.2, -0.15) is 0 Å². The summed E-state index contributed by atoms with van der Waals surface area (Å²) in [7, 11) is 0. The maximum Gasteiger partial charge on any atom is 0.317 e. The largest absolute Gasteiger partial charge is 0.480 e. The molecule has 0 aromatic heterocycles. The van der Waals surface area contributed by atoms with Gasteiger partial charge in [-0.1, -0.05) is 0 Å². The van der Waals surface area contributed by atoms with Gasteiger partial charge in [0.15, 0.2) is 0 Å². The Balaban J connectivity index is 4.16. The number of hydrogen-bond acceptors (Lipinski definition) is 6. The molecule has 0 rings (SSSR count). The van der Waals surface area contributed by atoms with Gasteiger partial charge in [-0.25, -0.2) is 0 Å². The highest BCUT2D eigenvalue weighted by Crippen LogP contribution is 1.91. The third kappa shape index (κ3) is 9.23. The van der Waals surface area contributed by atoms with Crippen LogP contribution in [0.25, 0.3) is 0 Å². The van der Waals surface area contributed by atoms with Crippen LogP contribution in [0, 0.1) is 0 Å². The Hall–Kier alpha value is -1.71. The van der Waals surface area contributed by atoms with Gasteiger partial charge in [-0.15, -0.1) is 0 Å². The number of aliphatic hydroxyl groups excluding tert-OH is 1. The predicted molar refractivity (Wildman–Crippen MR) is 53.4 cm³/mol. The molecule has 98 valence electrons. The second-order valence-corrected chi connectivity index (χ2v) is 3.25. The summed E-state index contributed by atoms with van der Waals surface area (Å²) in [6, 6.07) is 0. The molecule has 17 heavy (non-hydrogen) atoms. The van der Waals surface area contributed by atoms with Crippen LogP contribution in [-0.4, -0.2) is 75.6 Å². The van der Waals surface area contributed by atoms with E-state index in [4.69, 9.17) is 15.3 Å². The predicted octanol–water partition coefficient (Wildman–Crippen LogP) is -2.55. The number of nitrogens with zero attached hydrogens (tertiary/aromatic N) is 1. The van der Waals surface area contributed by atoms with Crippen molar-refractivity contribution in [2.24, 2.45) is 0 Å². The lowest BCUT2D eigenvalue weighted by Gasteiger charge is -2.21. The quantitative estimate of drug-likeness (QED) is 0.279. The van der Waals surface area contributed by atoms with Crippen LogP contribution in [-0.2, 0) is 14.4 Å². The normalized spacial score (nSPS) is 12.4. The fraction of sp³-hybridized carbons (Fsp3) is 0.625. The van der Waals surface area contributed by atoms with Crippen molar-refractivity contribution in [2.45, 2.75) is 6.23 Å². The van der Waals surface area contributed by atoms with Crippen LogP contribution in [0.4, 0.5) is 0 Å². The highest BCUT2D eigenvalue weighted by atomic mass is 16.4. The molecule has 0 bridgehead atoms. The molecule has 1 unspecified atom stereocenters. The fourth-order valence-electron chi connectivity index (χ4n) is 1.08. The van der Waals surface area contributed by atoms with E-state index in [1.807, 2.05) is 0 Å². The Morgan fingerprint density at radius 2 is 1.47 bits per heavy atom. The third-order valence-corrected chi connectivity index (χ3v) is 1.64. The van der Waals surface area contributed by atoms with Crippen LogP contribution in [0.5, 0.6) is 0 Å². The van der Waals surface area contributed by atoms with E-state index in [-0.39, 0.29) is 6.54 Å². The SMILES string of the molecule is O=C(O)CNC(O)CN(CC(=O)O)CC(=O)O. The second-order valence-electron chi connectivity index (χ2n) is 3.25. The number of carbonyl (C=O) groups is 3. The summed E-state index contributed by atoms with van der Waals surface area (Å²) in [5.74, 6) is -3.67. The molecule has 0 saturated carbocycles. The van der Waals surface area contributed by atoms with Gasteiger partial charge in [-0.3, -0.25) is 24.6 Å². The van der Waals surface area contributed by atoms with Gasteiger partial charge in [0.25, 0.3) is 0 Å². The third-order valence-electron chi connectivity index (χ3n) is 1.64. The number of nitrogens with one attached hydrogen (secondary N) is 1. The van der Waals surface area contributed by atoms with Crippen LogP contribution in [0.3, 0.4) is 0 Å². The van der Waals surface area contributed by atoms with Crippen molar-refractivity contribution in [1.82, 2.24) is 10.2 Å². The number of aliphatic hydroxyl groups is 1. The summed E-state index contributed by atoms with van der Waals surface area (Å²) < 4.78 is 0. The second kappa shape index (κ2) is 7.54. The summed E-state index contributed by atoms with van der Waals surface area (Å²) >= 11 is 0. The summed E-state index contributed by atoms with van der Waals surface area (Å²) in [5, 5.41) is 36.8. The molecule has 5 N–H and O–H groups in total. The summed E-state index contributed by atoms with van der Waals surface area (Å²) in [5.41, 5.74) is 0. The van der Waals surface area contributed by atoms with E-state index in [2.05, 4.69) is 5.32 Å². The Morgan fingerprint density at radius 1 is 1.00 bits per heavy atom. The standard InChI is InChI=1S/C8H14N2O7/c11-5(9-1-6(12)13)2-10(3-7(14)15)4-8(16)17/h5,9,11H,1-4H2,(H,12,13)(H,14,15)(H,16,17). The van der Waals surface area contributed by atoms with E-state index in [9.17, 15) is 19.5 Å². The topological polar surface area (TPSA) is 147 Å². The van der Waals surface area contributed by atoms with Gasteiger partial charge in [0.1, 0.15) is 6.23 Å². The monoisotopic (exact) mass is 250 g/mol. The molecule has 0 aromatic rings. The molecule has 0 radical (unpaired) electrons. The summed E-state index contributed by atoms with van der Waals surface area (Å²) in [4.78, 5) is 31.9. The van der Waals surface area contributed by atoms with Crippen molar-refractivity contribution in [3.8, 4) is 0 Å². The number of carboxylic acids is 3. The molecule has 0 aliphatic carbocycles. The Labute approximate surface area is 96.3 Å². The Kier molecular flexibility index (Phi) is 6.79. The maximum atomic E-state index is 10.4. The Bertz CT molecular complexity index is 278. The van der Waals surface area contributed by atoms with Crippen LogP contribution in [0.1, 0.15) is 0 Å². The molecule has 0 saturated heterocycles. The van der Waals surface area contributed by atoms with E-state index in [1.165, 1.54) is 0 Å². The smallest absolute Gasteiger partial charge is 0.317 e. The summed E-state index contributed by atoms with van der Waals surface area (Å²) in [6.45, 7) is -1.92. The molecular formula is C8H14N2O7. The van der Waals surface area contributed by atoms with Gasteiger partial charge in [-0.05, 0) is 0 Å². The van der Waals surface area contributed by atoms with Crippen LogP contribution in [0.15, 0.2) is 0 Å². The zero-order valence-corrected chi connectivity index (χ0v) is 8.87. The number of carboxylic acid groups (broad SMARTS) is 3. The lowest BCUT2D eigenvalue weighted by molar-refractivity contribution is -0.143. The fourth-order valence-corrected chi connectivity index (χ4v) is 1.08. The zero-order chi connectivity index (χ0) is 13.4. The number of rotatable bonds is 9. The molecule has 0 heterocycles. The van der Waals surface area contributed by atoms with E-state index in [0.29, 0.717) is 0 Å². The maximum absolute atomic E-state index is 10.4. The molecular weight excluding hydrogens is 236 g/mol. The first kappa shape index (κ1) is 15.3. The van der Waals surface area contributed by atoms with Crippen molar-refractivity contribution in [3.63, 3.8) is 0 Å². The molecule has 0 aliphatic heterocycles. The van der Waals surface area contributed by atoms with Gasteiger partial charge >= 0.3 is 17.9 Å². The van der Waals surface area contributed by atoms with Crippen molar-refractivity contribution >= 4 is 17.9 Å². The first-order valence-corrected chi connectivity index (χ1v) is 4.60. The number of aliphatic carboxylic acids is 3. The van der Waals surface area contributed by atoms with E-state index in [1.54, 1.807) is 0 Å². The van der Waals surface area contributed by atoms with Crippen LogP contribution < -0.4 is 5.32 Å². The first-order valence-electron chi connectivity index (χ1n) is 4.60. The van der Waals surface area contributed by atoms with Gasteiger partial charge in [0.05, 0.1) is 19.6 Å². The van der Waals surface area contributed by atoms with Gasteiger partial charge in [0.2, 0.25) is 0 Å². The molecule has 0 spiro atoms. The number of hydrogen-bond donors (Lipinski definition) is 5. The van der Waals surface area contributed by atoms with Crippen molar-refractivity contribution in [3.05, 3.63) is 0 Å². The van der Waals surface area contributed by atoms with Crippen molar-refractivity contribution in [1.29, 1.82) is 0 Å². The summed E-state index contributed by atoms with van der Waals surface area (Å²) in [6.07, 6.45) is -1.32. The van der Waals surface area contributed by atoms with Crippen LogP contribution in [0.2, 0.25) is 0 Å². The highest BCUT2D eigenvalue weighted by Gasteiger charge is 2.17. The van der Waals surface area contributed by atoms with Gasteiger partial charge in [0, 0.05) is 6.54 Å². The van der Waals surface area contributed by atoms with Gasteiger partial charge < -0.3 is 20.4 Å². The molecule has 1 atom stereocenters. The zero-order valence-electron chi connectivity index (χ0n) is 8.87. The van der Waals surface area contributed by atoms with E-state index < -0.39 is 43.8 Å². The molecule has 0 fully saturated rings. The lowest BCUT2D eigenvalue weighted by Crippen LogP contribution is -2.46. The average Bonchev–Trinajstić information content (AvgIpc) is 2.12. The first-order chi connectivity index (χ1) is 7.81. The molecule has 0 amide bonds. The van der Waals surface area contributed by atoms with Crippen molar-refractivity contribution < 1.29 is 34.8 Å². The molecule has 9 heteroatoms. The molecule has 0 aromatic carbocycles. The minimum atomic E-state index is -1.32. The van der Waals surface area contributed by atoms with E-state index in [0.717, 1.165) is 4.90 Å². The minimum absolute atomic E-state index is 0.300. The minimum Gasteiger partial charge on any atom is -0.480 e. The van der Waals surface area contributed by atoms with Crippen molar-refractivity contribution in [2.75, 3.05) is 26.2 Å². The Morgan fingerprint density at radius 3 is 1.82 bits per heavy atom. The molecule has 0 aliphatic rings. The van der Waals surface area contributed by atoms with E-state index >= 15 is 0 Å². The highest BCUT2D eigenvalue weighted by molar-refractivity contribution is 5.72.